The summed E-state index contributed by atoms with van der Waals surface area (Å²) in [5, 5.41) is 5.67. The first-order chi connectivity index (χ1) is 12.1. The van der Waals surface area contributed by atoms with Crippen molar-refractivity contribution in [3.63, 3.8) is 0 Å². The Kier molecular flexibility index (Phi) is 5.18. The fraction of sp³-hybridized carbons (Fsp3) is 0.263. The van der Waals surface area contributed by atoms with Crippen LogP contribution in [0.1, 0.15) is 29.3 Å². The Hall–Kier alpha value is -3.02. The Morgan fingerprint density at radius 2 is 1.84 bits per heavy atom. The number of nitrogens with one attached hydrogen (secondary N) is 2. The molecule has 2 amide bonds. The van der Waals surface area contributed by atoms with Crippen LogP contribution in [-0.2, 0) is 11.3 Å². The molecule has 0 unspecified atom stereocenters. The second-order valence-electron chi connectivity index (χ2n) is 5.91. The number of hydrogen-bond donors (Lipinski definition) is 2. The summed E-state index contributed by atoms with van der Waals surface area (Å²) in [6.45, 7) is 2.43. The van der Waals surface area contributed by atoms with Crippen LogP contribution in [0, 0.1) is 0 Å². The molecule has 2 N–H and O–H groups in total. The van der Waals surface area contributed by atoms with Gasteiger partial charge in [0.2, 0.25) is 12.7 Å². The summed E-state index contributed by atoms with van der Waals surface area (Å²) < 4.78 is 10.6. The predicted octanol–water partition coefficient (Wildman–Crippen LogP) is 2.24. The van der Waals surface area contributed by atoms with Crippen molar-refractivity contribution < 1.29 is 19.1 Å². The monoisotopic (exact) mass is 340 g/mol. The number of ether oxygens (including phenoxy) is 2. The molecule has 0 aliphatic carbocycles. The summed E-state index contributed by atoms with van der Waals surface area (Å²) in [5.74, 6) is 1.10. The van der Waals surface area contributed by atoms with E-state index in [9.17, 15) is 9.59 Å². The van der Waals surface area contributed by atoms with Crippen LogP contribution < -0.4 is 20.1 Å². The van der Waals surface area contributed by atoms with Crippen molar-refractivity contribution in [1.29, 1.82) is 0 Å². The van der Waals surface area contributed by atoms with Crippen molar-refractivity contribution in [3.05, 3.63) is 59.7 Å². The molecule has 1 heterocycles. The van der Waals surface area contributed by atoms with E-state index in [0.29, 0.717) is 23.6 Å². The molecule has 1 aliphatic heterocycles. The lowest BCUT2D eigenvalue weighted by Gasteiger charge is -2.14. The maximum absolute atomic E-state index is 12.1. The zero-order chi connectivity index (χ0) is 17.6. The number of fused-ring (bicyclic) bond motifs is 1. The van der Waals surface area contributed by atoms with Crippen LogP contribution in [0.15, 0.2) is 48.5 Å². The second kappa shape index (κ2) is 7.70. The molecule has 1 aliphatic rings. The Morgan fingerprint density at radius 3 is 2.64 bits per heavy atom. The topological polar surface area (TPSA) is 76.7 Å². The van der Waals surface area contributed by atoms with Gasteiger partial charge in [0.1, 0.15) is 0 Å². The summed E-state index contributed by atoms with van der Waals surface area (Å²) in [4.78, 5) is 24.1. The van der Waals surface area contributed by atoms with Crippen molar-refractivity contribution in [2.75, 3.05) is 6.79 Å². The molecule has 3 rings (SSSR count). The quantitative estimate of drug-likeness (QED) is 0.845. The van der Waals surface area contributed by atoms with Gasteiger partial charge in [-0.15, -0.1) is 0 Å². The summed E-state index contributed by atoms with van der Waals surface area (Å²) in [7, 11) is 0. The lowest BCUT2D eigenvalue weighted by molar-refractivity contribution is -0.121. The van der Waals surface area contributed by atoms with E-state index in [1.54, 1.807) is 31.2 Å². The Bertz CT molecular complexity index is 761. The highest BCUT2D eigenvalue weighted by Gasteiger charge is 2.15. The molecule has 0 bridgehead atoms. The molecule has 130 valence electrons. The molecule has 0 fully saturated rings. The number of amides is 2. The average molecular weight is 340 g/mol. The maximum Gasteiger partial charge on any atom is 0.251 e. The van der Waals surface area contributed by atoms with Gasteiger partial charge in [-0.25, -0.2) is 0 Å². The minimum absolute atomic E-state index is 0.126. The summed E-state index contributed by atoms with van der Waals surface area (Å²) in [6, 6.07) is 14.2. The van der Waals surface area contributed by atoms with Crippen LogP contribution in [0.4, 0.5) is 0 Å². The number of hydrogen-bond acceptors (Lipinski definition) is 4. The molecule has 6 nitrogen and oxygen atoms in total. The van der Waals surface area contributed by atoms with Crippen molar-refractivity contribution in [2.24, 2.45) is 0 Å². The van der Waals surface area contributed by atoms with Gasteiger partial charge in [0, 0.05) is 24.6 Å². The summed E-state index contributed by atoms with van der Waals surface area (Å²) in [6.07, 6.45) is 0.211. The Balaban J connectivity index is 1.45. The molecule has 0 spiro atoms. The molecular weight excluding hydrogens is 320 g/mol. The highest BCUT2D eigenvalue weighted by molar-refractivity contribution is 5.94. The summed E-state index contributed by atoms with van der Waals surface area (Å²) >= 11 is 0. The van der Waals surface area contributed by atoms with E-state index in [1.807, 2.05) is 24.3 Å². The van der Waals surface area contributed by atoms with E-state index in [0.717, 1.165) is 5.56 Å². The van der Waals surface area contributed by atoms with E-state index in [1.165, 1.54) is 0 Å². The minimum atomic E-state index is -0.260. The molecular formula is C19H20N2O4. The molecule has 0 saturated heterocycles. The lowest BCUT2D eigenvalue weighted by atomic mass is 10.1. The van der Waals surface area contributed by atoms with Crippen molar-refractivity contribution in [1.82, 2.24) is 10.6 Å². The fourth-order valence-corrected chi connectivity index (χ4v) is 2.55. The molecule has 2 aromatic carbocycles. The zero-order valence-corrected chi connectivity index (χ0v) is 14.0. The molecule has 0 aromatic heterocycles. The highest BCUT2D eigenvalue weighted by atomic mass is 16.7. The SMILES string of the molecule is C[C@H](CC(=O)NCc1ccc2c(c1)OCO2)NC(=O)c1ccccc1. The largest absolute Gasteiger partial charge is 0.454 e. The van der Waals surface area contributed by atoms with Gasteiger partial charge in [-0.05, 0) is 36.8 Å². The van der Waals surface area contributed by atoms with Crippen LogP contribution in [0.2, 0.25) is 0 Å². The maximum atomic E-state index is 12.1. The van der Waals surface area contributed by atoms with E-state index in [2.05, 4.69) is 10.6 Å². The molecule has 0 radical (unpaired) electrons. The van der Waals surface area contributed by atoms with Crippen LogP contribution >= 0.6 is 0 Å². The number of carbonyl (C=O) groups excluding carboxylic acids is 2. The third-order valence-corrected chi connectivity index (χ3v) is 3.83. The van der Waals surface area contributed by atoms with Gasteiger partial charge in [0.05, 0.1) is 0 Å². The zero-order valence-electron chi connectivity index (χ0n) is 14.0. The average Bonchev–Trinajstić information content (AvgIpc) is 3.08. The Labute approximate surface area is 146 Å². The van der Waals surface area contributed by atoms with Gasteiger partial charge in [0.25, 0.3) is 5.91 Å². The predicted molar refractivity (Wildman–Crippen MR) is 92.4 cm³/mol. The first-order valence-electron chi connectivity index (χ1n) is 8.13. The number of benzene rings is 2. The van der Waals surface area contributed by atoms with E-state index < -0.39 is 0 Å². The highest BCUT2D eigenvalue weighted by Crippen LogP contribution is 2.32. The third kappa shape index (κ3) is 4.50. The van der Waals surface area contributed by atoms with Crippen molar-refractivity contribution >= 4 is 11.8 Å². The van der Waals surface area contributed by atoms with Crippen molar-refractivity contribution in [2.45, 2.75) is 25.9 Å². The standard InChI is InChI=1S/C19H20N2O4/c1-13(21-19(23)15-5-3-2-4-6-15)9-18(22)20-11-14-7-8-16-17(10-14)25-12-24-16/h2-8,10,13H,9,11-12H2,1H3,(H,20,22)(H,21,23)/t13-/m1/s1. The summed E-state index contributed by atoms with van der Waals surface area (Å²) in [5.41, 5.74) is 1.51. The van der Waals surface area contributed by atoms with Gasteiger partial charge in [0.15, 0.2) is 11.5 Å². The first kappa shape index (κ1) is 16.8. The fourth-order valence-electron chi connectivity index (χ4n) is 2.55. The smallest absolute Gasteiger partial charge is 0.251 e. The molecule has 1 atom stereocenters. The number of carbonyl (C=O) groups is 2. The van der Waals surface area contributed by atoms with E-state index in [-0.39, 0.29) is 31.1 Å². The molecule has 0 saturated carbocycles. The van der Waals surface area contributed by atoms with Crippen LogP contribution in [-0.4, -0.2) is 24.6 Å². The third-order valence-electron chi connectivity index (χ3n) is 3.83. The van der Waals surface area contributed by atoms with Crippen LogP contribution in [0.25, 0.3) is 0 Å². The lowest BCUT2D eigenvalue weighted by Crippen LogP contribution is -2.37. The molecule has 25 heavy (non-hydrogen) atoms. The molecule has 2 aromatic rings. The van der Waals surface area contributed by atoms with Crippen LogP contribution in [0.3, 0.4) is 0 Å². The van der Waals surface area contributed by atoms with E-state index in [4.69, 9.17) is 9.47 Å². The van der Waals surface area contributed by atoms with E-state index >= 15 is 0 Å². The minimum Gasteiger partial charge on any atom is -0.454 e. The van der Waals surface area contributed by atoms with Gasteiger partial charge in [-0.2, -0.15) is 0 Å². The van der Waals surface area contributed by atoms with Gasteiger partial charge in [-0.1, -0.05) is 24.3 Å². The van der Waals surface area contributed by atoms with Gasteiger partial charge >= 0.3 is 0 Å². The first-order valence-corrected chi connectivity index (χ1v) is 8.13. The van der Waals surface area contributed by atoms with Gasteiger partial charge < -0.3 is 20.1 Å². The van der Waals surface area contributed by atoms with Crippen molar-refractivity contribution in [3.8, 4) is 11.5 Å². The van der Waals surface area contributed by atoms with Gasteiger partial charge in [-0.3, -0.25) is 9.59 Å². The second-order valence-corrected chi connectivity index (χ2v) is 5.91. The normalized spacial score (nSPS) is 13.2. The Morgan fingerprint density at radius 1 is 1.08 bits per heavy atom. The van der Waals surface area contributed by atoms with Crippen LogP contribution in [0.5, 0.6) is 11.5 Å². The molecule has 6 heteroatoms. The number of rotatable bonds is 6.